The molecule has 0 unspecified atom stereocenters. The molecule has 0 spiro atoms. The van der Waals surface area contributed by atoms with Crippen LogP contribution in [0.3, 0.4) is 0 Å². The second kappa shape index (κ2) is 4.03. The van der Waals surface area contributed by atoms with Crippen LogP contribution in [-0.2, 0) is 5.41 Å². The topological polar surface area (TPSA) is 7.60 Å². The fraction of sp³-hybridized carbons (Fsp3) is 0.500. The lowest BCUT2D eigenvalue weighted by atomic mass is 9.87. The number of benzene rings is 1. The van der Waals surface area contributed by atoms with Crippen molar-refractivity contribution in [2.75, 3.05) is 11.4 Å². The average Bonchev–Trinajstić information content (AvgIpc) is 2.51. The Kier molecular flexibility index (Phi) is 2.95. The van der Waals surface area contributed by atoms with Gasteiger partial charge >= 0.3 is 0 Å². The van der Waals surface area contributed by atoms with Gasteiger partial charge in [0.2, 0.25) is 0 Å². The van der Waals surface area contributed by atoms with E-state index in [9.17, 15) is 0 Å². The molecule has 0 saturated carbocycles. The Labute approximate surface area is 112 Å². The van der Waals surface area contributed by atoms with Crippen LogP contribution >= 0.6 is 15.9 Å². The van der Waals surface area contributed by atoms with Crippen molar-refractivity contribution in [2.45, 2.75) is 39.2 Å². The lowest BCUT2D eigenvalue weighted by molar-refractivity contribution is 0.532. The Morgan fingerprint density at radius 2 is 2.06 bits per heavy atom. The van der Waals surface area contributed by atoms with Crippen LogP contribution in [0.5, 0.6) is 0 Å². The number of fused-ring (bicyclic) bond motifs is 1. The van der Waals surface area contributed by atoms with E-state index in [4.69, 9.17) is 6.57 Å². The van der Waals surface area contributed by atoms with Gasteiger partial charge in [-0.3, -0.25) is 0 Å². The van der Waals surface area contributed by atoms with E-state index in [1.165, 1.54) is 11.3 Å². The highest BCUT2D eigenvalue weighted by atomic mass is 79.9. The molecule has 1 heterocycles. The molecule has 0 aromatic heterocycles. The summed E-state index contributed by atoms with van der Waals surface area (Å²) in [6.45, 7) is 17.1. The first kappa shape index (κ1) is 12.4. The summed E-state index contributed by atoms with van der Waals surface area (Å²) < 4.78 is 1.04. The first-order valence-corrected chi connectivity index (χ1v) is 6.64. The number of nitrogens with zero attached hydrogens (tertiary/aromatic N) is 2. The van der Waals surface area contributed by atoms with Crippen molar-refractivity contribution in [2.24, 2.45) is 0 Å². The minimum absolute atomic E-state index is 0.114. The lowest BCUT2D eigenvalue weighted by Crippen LogP contribution is -2.33. The van der Waals surface area contributed by atoms with E-state index >= 15 is 0 Å². The molecular formula is C14H17BrN2. The second-order valence-corrected chi connectivity index (χ2v) is 6.40. The number of rotatable bonds is 1. The first-order chi connectivity index (χ1) is 7.86. The van der Waals surface area contributed by atoms with Crippen LogP contribution in [-0.4, -0.2) is 12.6 Å². The van der Waals surface area contributed by atoms with E-state index < -0.39 is 0 Å². The Balaban J connectivity index is 2.66. The maximum atomic E-state index is 7.16. The van der Waals surface area contributed by atoms with E-state index in [0.29, 0.717) is 11.7 Å². The van der Waals surface area contributed by atoms with Crippen LogP contribution in [0.1, 0.15) is 33.3 Å². The standard InChI is InChI=1S/C14H17BrN2/c1-9(2)17-8-14(3,4)11-6-10(16-5)7-12(15)13(11)17/h6-7,9H,8H2,1-4H3. The molecule has 0 aliphatic carbocycles. The minimum atomic E-state index is 0.114. The van der Waals surface area contributed by atoms with Gasteiger partial charge in [-0.1, -0.05) is 19.9 Å². The zero-order valence-electron chi connectivity index (χ0n) is 10.7. The summed E-state index contributed by atoms with van der Waals surface area (Å²) in [6, 6.07) is 4.43. The Bertz CT molecular complexity index is 498. The molecule has 0 atom stereocenters. The molecule has 2 nitrogen and oxygen atoms in total. The quantitative estimate of drug-likeness (QED) is 0.691. The summed E-state index contributed by atoms with van der Waals surface area (Å²) in [6.07, 6.45) is 0. The van der Waals surface area contributed by atoms with Gasteiger partial charge in [-0.05, 0) is 41.4 Å². The third kappa shape index (κ3) is 1.95. The lowest BCUT2D eigenvalue weighted by Gasteiger charge is -2.26. The van der Waals surface area contributed by atoms with Gasteiger partial charge in [-0.15, -0.1) is 0 Å². The fourth-order valence-corrected chi connectivity index (χ4v) is 3.16. The monoisotopic (exact) mass is 292 g/mol. The van der Waals surface area contributed by atoms with Crippen molar-refractivity contribution in [3.63, 3.8) is 0 Å². The summed E-state index contributed by atoms with van der Waals surface area (Å²) in [4.78, 5) is 5.96. The smallest absolute Gasteiger partial charge is 0.188 e. The molecule has 0 saturated heterocycles. The predicted molar refractivity (Wildman–Crippen MR) is 75.9 cm³/mol. The summed E-state index contributed by atoms with van der Waals surface area (Å²) in [7, 11) is 0. The van der Waals surface area contributed by atoms with Gasteiger partial charge in [-0.2, -0.15) is 0 Å². The van der Waals surface area contributed by atoms with E-state index in [0.717, 1.165) is 11.0 Å². The van der Waals surface area contributed by atoms with Crippen LogP contribution in [0.2, 0.25) is 0 Å². The van der Waals surface area contributed by atoms with Crippen LogP contribution in [0, 0.1) is 6.57 Å². The number of hydrogen-bond acceptors (Lipinski definition) is 1. The molecule has 1 aromatic rings. The number of halogens is 1. The van der Waals surface area contributed by atoms with Gasteiger partial charge in [0, 0.05) is 22.5 Å². The van der Waals surface area contributed by atoms with Gasteiger partial charge in [0.05, 0.1) is 12.3 Å². The van der Waals surface area contributed by atoms with Gasteiger partial charge in [-0.25, -0.2) is 4.85 Å². The van der Waals surface area contributed by atoms with Crippen LogP contribution in [0.15, 0.2) is 16.6 Å². The van der Waals surface area contributed by atoms with Gasteiger partial charge in [0.1, 0.15) is 0 Å². The number of anilines is 1. The summed E-state index contributed by atoms with van der Waals surface area (Å²) in [5.41, 5.74) is 3.38. The average molecular weight is 293 g/mol. The maximum Gasteiger partial charge on any atom is 0.188 e. The normalized spacial score (nSPS) is 17.1. The third-order valence-corrected chi connectivity index (χ3v) is 3.99. The van der Waals surface area contributed by atoms with Crippen molar-refractivity contribution >= 4 is 27.3 Å². The predicted octanol–water partition coefficient (Wildman–Crippen LogP) is 4.51. The van der Waals surface area contributed by atoms with E-state index in [1.54, 1.807) is 0 Å². The van der Waals surface area contributed by atoms with Crippen molar-refractivity contribution in [3.05, 3.63) is 33.6 Å². The molecule has 2 rings (SSSR count). The largest absolute Gasteiger partial charge is 0.367 e. The molecule has 1 aliphatic heterocycles. The molecule has 0 radical (unpaired) electrons. The van der Waals surface area contributed by atoms with Gasteiger partial charge < -0.3 is 4.90 Å². The molecule has 90 valence electrons. The highest BCUT2D eigenvalue weighted by Gasteiger charge is 2.37. The van der Waals surface area contributed by atoms with Crippen LogP contribution < -0.4 is 4.90 Å². The third-order valence-electron chi connectivity index (χ3n) is 3.38. The SMILES string of the molecule is [C-]#[N+]c1cc(Br)c2c(c1)C(C)(C)CN2C(C)C. The van der Waals surface area contributed by atoms with Crippen molar-refractivity contribution in [1.82, 2.24) is 0 Å². The summed E-state index contributed by atoms with van der Waals surface area (Å²) >= 11 is 3.61. The second-order valence-electron chi connectivity index (χ2n) is 5.54. The highest BCUT2D eigenvalue weighted by molar-refractivity contribution is 9.10. The van der Waals surface area contributed by atoms with Crippen LogP contribution in [0.25, 0.3) is 4.85 Å². The maximum absolute atomic E-state index is 7.16. The van der Waals surface area contributed by atoms with Crippen molar-refractivity contribution in [3.8, 4) is 0 Å². The molecule has 0 N–H and O–H groups in total. The zero-order chi connectivity index (χ0) is 12.8. The van der Waals surface area contributed by atoms with E-state index in [1.807, 2.05) is 12.1 Å². The molecule has 0 fully saturated rings. The highest BCUT2D eigenvalue weighted by Crippen LogP contribution is 2.47. The Hall–Kier alpha value is -1.01. The molecular weight excluding hydrogens is 276 g/mol. The van der Waals surface area contributed by atoms with Crippen molar-refractivity contribution in [1.29, 1.82) is 0 Å². The number of hydrogen-bond donors (Lipinski definition) is 0. The Morgan fingerprint density at radius 3 is 2.59 bits per heavy atom. The van der Waals surface area contributed by atoms with Gasteiger partial charge in [0.15, 0.2) is 5.69 Å². The molecule has 1 aromatic carbocycles. The summed E-state index contributed by atoms with van der Waals surface area (Å²) in [5, 5.41) is 0. The molecule has 3 heteroatoms. The molecule has 0 amide bonds. The zero-order valence-corrected chi connectivity index (χ0v) is 12.3. The summed E-state index contributed by atoms with van der Waals surface area (Å²) in [5.74, 6) is 0. The van der Waals surface area contributed by atoms with E-state index in [2.05, 4.69) is 53.4 Å². The molecule has 0 bridgehead atoms. The minimum Gasteiger partial charge on any atom is -0.367 e. The fourth-order valence-electron chi connectivity index (χ4n) is 2.49. The van der Waals surface area contributed by atoms with Crippen LogP contribution in [0.4, 0.5) is 11.4 Å². The van der Waals surface area contributed by atoms with E-state index in [-0.39, 0.29) is 5.41 Å². The Morgan fingerprint density at radius 1 is 1.41 bits per heavy atom. The van der Waals surface area contributed by atoms with Crippen molar-refractivity contribution < 1.29 is 0 Å². The molecule has 1 aliphatic rings. The molecule has 17 heavy (non-hydrogen) atoms. The first-order valence-electron chi connectivity index (χ1n) is 5.85. The van der Waals surface area contributed by atoms with Gasteiger partial charge in [0.25, 0.3) is 0 Å².